The van der Waals surface area contributed by atoms with Crippen molar-refractivity contribution in [3.05, 3.63) is 76.9 Å². The monoisotopic (exact) mass is 348 g/mol. The maximum Gasteiger partial charge on any atom is 0.261 e. The number of nitrogens with zero attached hydrogens (tertiary/aromatic N) is 1. The lowest BCUT2D eigenvalue weighted by molar-refractivity contribution is -0.117. The highest BCUT2D eigenvalue weighted by molar-refractivity contribution is 5.97. The number of allylic oxidation sites excluding steroid dienone is 2. The highest BCUT2D eigenvalue weighted by Gasteiger charge is 2.07. The number of phenols is 2. The molecule has 0 radical (unpaired) electrons. The Labute approximate surface area is 152 Å². The van der Waals surface area contributed by atoms with E-state index in [1.807, 2.05) is 31.2 Å². The number of hydrogen-bond acceptors (Lipinski definition) is 4. The van der Waals surface area contributed by atoms with E-state index in [1.54, 1.807) is 6.08 Å². The van der Waals surface area contributed by atoms with E-state index in [4.69, 9.17) is 5.26 Å². The van der Waals surface area contributed by atoms with Crippen LogP contribution in [0.15, 0.2) is 60.2 Å². The number of aryl methyl sites for hydroxylation is 1. The largest absolute Gasteiger partial charge is 0.508 e. The lowest BCUT2D eigenvalue weighted by Gasteiger charge is -2.05. The summed E-state index contributed by atoms with van der Waals surface area (Å²) < 4.78 is 0. The van der Waals surface area contributed by atoms with Gasteiger partial charge in [0.25, 0.3) is 5.91 Å². The van der Waals surface area contributed by atoms with Gasteiger partial charge in [0.15, 0.2) is 0 Å². The number of carbonyl (C=O) groups is 1. The molecule has 0 saturated heterocycles. The van der Waals surface area contributed by atoms with Crippen LogP contribution in [0.2, 0.25) is 0 Å². The molecule has 2 aromatic carbocycles. The summed E-state index contributed by atoms with van der Waals surface area (Å²) >= 11 is 0. The molecule has 0 saturated carbocycles. The molecule has 0 bridgehead atoms. The quantitative estimate of drug-likeness (QED) is 0.424. The molecule has 0 aliphatic heterocycles. The Morgan fingerprint density at radius 1 is 1.19 bits per heavy atom. The summed E-state index contributed by atoms with van der Waals surface area (Å²) in [6.45, 7) is 2.45. The van der Waals surface area contributed by atoms with Crippen LogP contribution in [0.3, 0.4) is 0 Å². The number of carbonyl (C=O) groups excluding carboxylic acids is 1. The van der Waals surface area contributed by atoms with Crippen molar-refractivity contribution in [1.29, 1.82) is 5.26 Å². The van der Waals surface area contributed by atoms with Gasteiger partial charge in [0, 0.05) is 12.6 Å². The second-order valence-electron chi connectivity index (χ2n) is 5.83. The van der Waals surface area contributed by atoms with Crippen LogP contribution in [0, 0.1) is 18.3 Å². The van der Waals surface area contributed by atoms with Crippen molar-refractivity contribution < 1.29 is 15.0 Å². The number of benzene rings is 2. The SMILES string of the molecule is Cc1cccc(CCNC(=O)/C(C#N)=C/C=C/c2cc(O)cc(O)c2)c1. The number of hydrogen-bond donors (Lipinski definition) is 3. The van der Waals surface area contributed by atoms with E-state index in [0.717, 1.165) is 11.1 Å². The molecule has 2 rings (SSSR count). The van der Waals surface area contributed by atoms with Crippen molar-refractivity contribution in [2.24, 2.45) is 0 Å². The van der Waals surface area contributed by atoms with Crippen molar-refractivity contribution in [2.75, 3.05) is 6.54 Å². The zero-order chi connectivity index (χ0) is 18.9. The smallest absolute Gasteiger partial charge is 0.261 e. The van der Waals surface area contributed by atoms with E-state index in [-0.39, 0.29) is 17.1 Å². The summed E-state index contributed by atoms with van der Waals surface area (Å²) in [5.74, 6) is -0.574. The summed E-state index contributed by atoms with van der Waals surface area (Å²) in [6.07, 6.45) is 5.18. The molecular formula is C21H20N2O3. The van der Waals surface area contributed by atoms with Crippen molar-refractivity contribution in [3.8, 4) is 17.6 Å². The maximum atomic E-state index is 12.1. The fraction of sp³-hybridized carbons (Fsp3) is 0.143. The van der Waals surface area contributed by atoms with E-state index in [2.05, 4.69) is 11.4 Å². The van der Waals surface area contributed by atoms with E-state index in [0.29, 0.717) is 18.5 Å². The van der Waals surface area contributed by atoms with E-state index < -0.39 is 5.91 Å². The van der Waals surface area contributed by atoms with Gasteiger partial charge >= 0.3 is 0 Å². The molecule has 0 aliphatic rings. The molecule has 0 spiro atoms. The summed E-state index contributed by atoms with van der Waals surface area (Å²) in [4.78, 5) is 12.1. The standard InChI is InChI=1S/C21H20N2O3/c1-15-4-2-5-16(10-15)8-9-23-21(26)18(14-22)7-3-6-17-11-19(24)13-20(25)12-17/h2-7,10-13,24-25H,8-9H2,1H3,(H,23,26)/b6-3+,18-7+. The first-order valence-electron chi connectivity index (χ1n) is 8.13. The van der Waals surface area contributed by atoms with Crippen LogP contribution in [0.4, 0.5) is 0 Å². The van der Waals surface area contributed by atoms with Gasteiger partial charge in [-0.15, -0.1) is 0 Å². The topological polar surface area (TPSA) is 93.4 Å². The summed E-state index contributed by atoms with van der Waals surface area (Å²) in [6, 6.07) is 14.0. The second-order valence-corrected chi connectivity index (χ2v) is 5.83. The molecule has 0 unspecified atom stereocenters. The van der Waals surface area contributed by atoms with Crippen LogP contribution < -0.4 is 5.32 Å². The molecule has 3 N–H and O–H groups in total. The molecule has 132 valence electrons. The third-order valence-corrected chi connectivity index (χ3v) is 3.62. The summed E-state index contributed by atoms with van der Waals surface area (Å²) in [5.41, 5.74) is 2.82. The van der Waals surface area contributed by atoms with Crippen molar-refractivity contribution in [1.82, 2.24) is 5.32 Å². The van der Waals surface area contributed by atoms with Gasteiger partial charge in [0.1, 0.15) is 23.1 Å². The van der Waals surface area contributed by atoms with Gasteiger partial charge < -0.3 is 15.5 Å². The molecule has 0 aliphatic carbocycles. The Morgan fingerprint density at radius 2 is 1.92 bits per heavy atom. The molecule has 1 amide bonds. The molecule has 0 heterocycles. The van der Waals surface area contributed by atoms with Crippen LogP contribution in [-0.2, 0) is 11.2 Å². The summed E-state index contributed by atoms with van der Waals surface area (Å²) in [7, 11) is 0. The van der Waals surface area contributed by atoms with Gasteiger partial charge in [-0.05, 0) is 42.7 Å². The van der Waals surface area contributed by atoms with Crippen LogP contribution in [0.5, 0.6) is 11.5 Å². The molecule has 26 heavy (non-hydrogen) atoms. The molecule has 0 fully saturated rings. The molecular weight excluding hydrogens is 328 g/mol. The molecule has 5 nitrogen and oxygen atoms in total. The molecule has 2 aromatic rings. The van der Waals surface area contributed by atoms with Gasteiger partial charge in [0.05, 0.1) is 0 Å². The first kappa shape index (κ1) is 18.8. The Balaban J connectivity index is 1.94. The Morgan fingerprint density at radius 3 is 2.58 bits per heavy atom. The molecule has 5 heteroatoms. The van der Waals surface area contributed by atoms with Gasteiger partial charge in [-0.1, -0.05) is 42.0 Å². The van der Waals surface area contributed by atoms with Gasteiger partial charge in [0.2, 0.25) is 0 Å². The Hall–Kier alpha value is -3.52. The van der Waals surface area contributed by atoms with Gasteiger partial charge in [-0.25, -0.2) is 0 Å². The average Bonchev–Trinajstić information content (AvgIpc) is 2.58. The van der Waals surface area contributed by atoms with Gasteiger partial charge in [-0.3, -0.25) is 4.79 Å². The fourth-order valence-electron chi connectivity index (χ4n) is 2.42. The van der Waals surface area contributed by atoms with Crippen molar-refractivity contribution >= 4 is 12.0 Å². The first-order chi connectivity index (χ1) is 12.5. The lowest BCUT2D eigenvalue weighted by atomic mass is 10.1. The van der Waals surface area contributed by atoms with Crippen molar-refractivity contribution in [2.45, 2.75) is 13.3 Å². The number of nitriles is 1. The normalized spacial score (nSPS) is 11.3. The first-order valence-corrected chi connectivity index (χ1v) is 8.13. The zero-order valence-electron chi connectivity index (χ0n) is 14.4. The number of phenolic OH excluding ortho intramolecular Hbond substituents is 2. The number of aromatic hydroxyl groups is 2. The fourth-order valence-corrected chi connectivity index (χ4v) is 2.42. The predicted octanol–water partition coefficient (Wildman–Crippen LogP) is 3.23. The van der Waals surface area contributed by atoms with Crippen molar-refractivity contribution in [3.63, 3.8) is 0 Å². The minimum Gasteiger partial charge on any atom is -0.508 e. The maximum absolute atomic E-state index is 12.1. The number of rotatable bonds is 6. The summed E-state index contributed by atoms with van der Waals surface area (Å²) in [5, 5.41) is 30.7. The van der Waals surface area contributed by atoms with Crippen LogP contribution in [0.1, 0.15) is 16.7 Å². The van der Waals surface area contributed by atoms with E-state index in [1.165, 1.54) is 30.4 Å². The molecule has 0 aromatic heterocycles. The third-order valence-electron chi connectivity index (χ3n) is 3.62. The Bertz CT molecular complexity index is 872. The number of nitrogens with one attached hydrogen (secondary N) is 1. The average molecular weight is 348 g/mol. The second kappa shape index (κ2) is 9.09. The highest BCUT2D eigenvalue weighted by Crippen LogP contribution is 2.21. The van der Waals surface area contributed by atoms with Crippen LogP contribution in [0.25, 0.3) is 6.08 Å². The molecule has 0 atom stereocenters. The zero-order valence-corrected chi connectivity index (χ0v) is 14.4. The number of amides is 1. The van der Waals surface area contributed by atoms with E-state index >= 15 is 0 Å². The van der Waals surface area contributed by atoms with Gasteiger partial charge in [-0.2, -0.15) is 5.26 Å². The van der Waals surface area contributed by atoms with Crippen LogP contribution in [-0.4, -0.2) is 22.7 Å². The minimum atomic E-state index is -0.441. The van der Waals surface area contributed by atoms with E-state index in [9.17, 15) is 15.0 Å². The highest BCUT2D eigenvalue weighted by atomic mass is 16.3. The lowest BCUT2D eigenvalue weighted by Crippen LogP contribution is -2.26. The Kier molecular flexibility index (Phi) is 6.58. The minimum absolute atomic E-state index is 0.0186. The third kappa shape index (κ3) is 5.84. The van der Waals surface area contributed by atoms with Crippen LogP contribution >= 0.6 is 0 Å². The predicted molar refractivity (Wildman–Crippen MR) is 100 cm³/mol.